The van der Waals surface area contributed by atoms with Crippen molar-refractivity contribution in [3.63, 3.8) is 0 Å². The summed E-state index contributed by atoms with van der Waals surface area (Å²) < 4.78 is 50.0. The minimum Gasteiger partial charge on any atom is -0.481 e. The van der Waals surface area contributed by atoms with Crippen LogP contribution in [0.4, 0.5) is 17.6 Å². The predicted octanol–water partition coefficient (Wildman–Crippen LogP) is 1.92. The van der Waals surface area contributed by atoms with E-state index in [1.54, 1.807) is 0 Å². The van der Waals surface area contributed by atoms with Crippen molar-refractivity contribution in [3.05, 3.63) is 29.1 Å². The monoisotopic (exact) mass is 223 g/mol. The van der Waals surface area contributed by atoms with Crippen molar-refractivity contribution in [2.45, 2.75) is 12.8 Å². The molecule has 0 unspecified atom stereocenters. The molecule has 1 N–H and O–H groups in total. The Hall–Kier alpha value is -1.66. The van der Waals surface area contributed by atoms with Gasteiger partial charge >= 0.3 is 5.97 Å². The van der Waals surface area contributed by atoms with E-state index in [1.165, 1.54) is 0 Å². The third-order valence-electron chi connectivity index (χ3n) is 1.58. The number of carbonyl (C=O) groups is 1. The van der Waals surface area contributed by atoms with Crippen LogP contribution in [0.25, 0.3) is 0 Å². The number of nitrogens with zero attached hydrogens (tertiary/aromatic N) is 1. The van der Waals surface area contributed by atoms with Crippen LogP contribution in [0.5, 0.6) is 0 Å². The highest BCUT2D eigenvalue weighted by Crippen LogP contribution is 2.24. The standard InChI is InChI=1S/C8H5F4NO2/c9-5-1-3(8(11)12)7(10)4(13-5)2-6(14)15/h1,8H,2H2,(H,14,15). The van der Waals surface area contributed by atoms with E-state index < -0.39 is 41.8 Å². The Morgan fingerprint density at radius 1 is 1.47 bits per heavy atom. The summed E-state index contributed by atoms with van der Waals surface area (Å²) in [6, 6.07) is 0.241. The van der Waals surface area contributed by atoms with Crippen LogP contribution in [0.1, 0.15) is 17.7 Å². The van der Waals surface area contributed by atoms with Crippen molar-refractivity contribution < 1.29 is 27.5 Å². The van der Waals surface area contributed by atoms with Crippen LogP contribution in [0.2, 0.25) is 0 Å². The van der Waals surface area contributed by atoms with Crippen LogP contribution in [0, 0.1) is 11.8 Å². The van der Waals surface area contributed by atoms with Gasteiger partial charge in [0.2, 0.25) is 5.95 Å². The molecule has 0 amide bonds. The fourth-order valence-electron chi connectivity index (χ4n) is 0.988. The van der Waals surface area contributed by atoms with E-state index in [1.807, 2.05) is 0 Å². The van der Waals surface area contributed by atoms with E-state index in [9.17, 15) is 22.4 Å². The van der Waals surface area contributed by atoms with Crippen LogP contribution in [0.15, 0.2) is 6.07 Å². The van der Waals surface area contributed by atoms with Crippen LogP contribution < -0.4 is 0 Å². The lowest BCUT2D eigenvalue weighted by Crippen LogP contribution is -2.09. The molecule has 1 heterocycles. The molecule has 0 spiro atoms. The zero-order valence-electron chi connectivity index (χ0n) is 7.18. The summed E-state index contributed by atoms with van der Waals surface area (Å²) in [5.74, 6) is -4.29. The third-order valence-corrected chi connectivity index (χ3v) is 1.58. The molecule has 1 rings (SSSR count). The quantitative estimate of drug-likeness (QED) is 0.629. The number of carboxylic acid groups (broad SMARTS) is 1. The normalized spacial score (nSPS) is 10.7. The molecule has 0 saturated heterocycles. The van der Waals surface area contributed by atoms with Crippen molar-refractivity contribution in [1.29, 1.82) is 0 Å². The first kappa shape index (κ1) is 11.4. The molecule has 0 aliphatic heterocycles. The number of alkyl halides is 2. The molecule has 0 aliphatic carbocycles. The smallest absolute Gasteiger partial charge is 0.309 e. The highest BCUT2D eigenvalue weighted by Gasteiger charge is 2.20. The molecule has 0 saturated carbocycles. The number of carboxylic acids is 1. The number of rotatable bonds is 3. The first-order chi connectivity index (χ1) is 6.91. The Bertz CT molecular complexity index is 394. The maximum Gasteiger partial charge on any atom is 0.309 e. The number of pyridine rings is 1. The molecule has 82 valence electrons. The van der Waals surface area contributed by atoms with E-state index >= 15 is 0 Å². The highest BCUT2D eigenvalue weighted by atomic mass is 19.3. The molecular weight excluding hydrogens is 218 g/mol. The van der Waals surface area contributed by atoms with Gasteiger partial charge in [0.05, 0.1) is 17.7 Å². The minimum atomic E-state index is -3.21. The largest absolute Gasteiger partial charge is 0.481 e. The summed E-state index contributed by atoms with van der Waals surface area (Å²) in [5, 5.41) is 8.30. The Kier molecular flexibility index (Phi) is 3.23. The van der Waals surface area contributed by atoms with Gasteiger partial charge < -0.3 is 5.11 Å². The number of aromatic nitrogens is 1. The maximum atomic E-state index is 13.1. The van der Waals surface area contributed by atoms with Crippen LogP contribution in [-0.2, 0) is 11.2 Å². The van der Waals surface area contributed by atoms with Crippen molar-refractivity contribution >= 4 is 5.97 Å². The molecule has 3 nitrogen and oxygen atoms in total. The molecule has 0 radical (unpaired) electrons. The molecule has 0 bridgehead atoms. The van der Waals surface area contributed by atoms with Crippen molar-refractivity contribution in [1.82, 2.24) is 4.98 Å². The fourth-order valence-corrected chi connectivity index (χ4v) is 0.988. The second-order valence-corrected chi connectivity index (χ2v) is 2.67. The second kappa shape index (κ2) is 4.24. The average molecular weight is 223 g/mol. The molecule has 1 aromatic rings. The SMILES string of the molecule is O=C(O)Cc1nc(F)cc(C(F)F)c1F. The topological polar surface area (TPSA) is 50.2 Å². The molecule has 0 fully saturated rings. The Morgan fingerprint density at radius 3 is 2.53 bits per heavy atom. The molecule has 15 heavy (non-hydrogen) atoms. The Balaban J connectivity index is 3.21. The van der Waals surface area contributed by atoms with E-state index in [0.29, 0.717) is 0 Å². The number of aliphatic carboxylic acids is 1. The van der Waals surface area contributed by atoms with Gasteiger partial charge in [-0.15, -0.1) is 0 Å². The zero-order valence-corrected chi connectivity index (χ0v) is 7.18. The fraction of sp³-hybridized carbons (Fsp3) is 0.250. The Morgan fingerprint density at radius 2 is 2.07 bits per heavy atom. The number of halogens is 4. The molecule has 0 atom stereocenters. The Labute approximate surface area is 81.4 Å². The summed E-state index contributed by atoms with van der Waals surface area (Å²) in [6.45, 7) is 0. The first-order valence-electron chi connectivity index (χ1n) is 3.76. The van der Waals surface area contributed by atoms with Gasteiger partial charge in [-0.2, -0.15) is 4.39 Å². The van der Waals surface area contributed by atoms with Crippen molar-refractivity contribution in [2.24, 2.45) is 0 Å². The van der Waals surface area contributed by atoms with Crippen molar-refractivity contribution in [3.8, 4) is 0 Å². The molecule has 0 aromatic carbocycles. The summed E-state index contributed by atoms with van der Waals surface area (Å²) in [6.07, 6.45) is -4.15. The number of hydrogen-bond donors (Lipinski definition) is 1. The second-order valence-electron chi connectivity index (χ2n) is 2.67. The van der Waals surface area contributed by atoms with Gasteiger partial charge in [-0.1, -0.05) is 0 Å². The first-order valence-corrected chi connectivity index (χ1v) is 3.76. The summed E-state index contributed by atoms with van der Waals surface area (Å²) in [5.41, 5.74) is -2.02. The van der Waals surface area contributed by atoms with Gasteiger partial charge in [0, 0.05) is 6.07 Å². The molecule has 0 aliphatic rings. The van der Waals surface area contributed by atoms with Gasteiger partial charge in [-0.3, -0.25) is 4.79 Å². The molecule has 7 heteroatoms. The van der Waals surface area contributed by atoms with E-state index in [2.05, 4.69) is 4.98 Å². The number of hydrogen-bond acceptors (Lipinski definition) is 2. The minimum absolute atomic E-state index is 0.241. The lowest BCUT2D eigenvalue weighted by atomic mass is 10.2. The van der Waals surface area contributed by atoms with E-state index in [4.69, 9.17) is 5.11 Å². The van der Waals surface area contributed by atoms with Gasteiger partial charge in [0.25, 0.3) is 6.43 Å². The average Bonchev–Trinajstić information content (AvgIpc) is 2.09. The van der Waals surface area contributed by atoms with E-state index in [0.717, 1.165) is 0 Å². The lowest BCUT2D eigenvalue weighted by molar-refractivity contribution is -0.136. The van der Waals surface area contributed by atoms with Crippen LogP contribution in [0.3, 0.4) is 0 Å². The predicted molar refractivity (Wildman–Crippen MR) is 40.4 cm³/mol. The third kappa shape index (κ3) is 2.64. The maximum absolute atomic E-state index is 13.1. The van der Waals surface area contributed by atoms with Gasteiger partial charge in [-0.25, -0.2) is 18.2 Å². The van der Waals surface area contributed by atoms with Gasteiger partial charge in [-0.05, 0) is 0 Å². The lowest BCUT2D eigenvalue weighted by Gasteiger charge is -2.05. The van der Waals surface area contributed by atoms with Crippen molar-refractivity contribution in [2.75, 3.05) is 0 Å². The van der Waals surface area contributed by atoms with Gasteiger partial charge in [0.15, 0.2) is 5.82 Å². The summed E-state index contributed by atoms with van der Waals surface area (Å²) in [7, 11) is 0. The molecular formula is C8H5F4NO2. The summed E-state index contributed by atoms with van der Waals surface area (Å²) >= 11 is 0. The highest BCUT2D eigenvalue weighted by molar-refractivity contribution is 5.69. The zero-order chi connectivity index (χ0) is 11.6. The summed E-state index contributed by atoms with van der Waals surface area (Å²) in [4.78, 5) is 13.1. The van der Waals surface area contributed by atoms with Gasteiger partial charge in [0.1, 0.15) is 0 Å². The van der Waals surface area contributed by atoms with Crippen LogP contribution >= 0.6 is 0 Å². The molecule has 1 aromatic heterocycles. The van der Waals surface area contributed by atoms with Crippen LogP contribution in [-0.4, -0.2) is 16.1 Å². The van der Waals surface area contributed by atoms with E-state index in [-0.39, 0.29) is 6.07 Å².